The van der Waals surface area contributed by atoms with Gasteiger partial charge >= 0.3 is 0 Å². The van der Waals surface area contributed by atoms with E-state index >= 15 is 0 Å². The van der Waals surface area contributed by atoms with Crippen LogP contribution in [0.4, 0.5) is 20.2 Å². The van der Waals surface area contributed by atoms with Crippen molar-refractivity contribution in [2.75, 3.05) is 23.7 Å². The van der Waals surface area contributed by atoms with E-state index in [1.54, 1.807) is 24.3 Å². The summed E-state index contributed by atoms with van der Waals surface area (Å²) in [6.07, 6.45) is 0. The SMILES string of the molecule is CCN(CC(=O)Nc1ccc(NC(C)=O)cc1)S(=O)(=O)c1ccc(F)c(F)c1. The van der Waals surface area contributed by atoms with Gasteiger partial charge in [0, 0.05) is 24.8 Å². The molecule has 0 aromatic heterocycles. The normalized spacial score (nSPS) is 11.3. The summed E-state index contributed by atoms with van der Waals surface area (Å²) < 4.78 is 52.4. The van der Waals surface area contributed by atoms with Gasteiger partial charge in [0.15, 0.2) is 11.6 Å². The second-order valence-corrected chi connectivity index (χ2v) is 7.75. The molecule has 0 heterocycles. The van der Waals surface area contributed by atoms with Crippen LogP contribution in [-0.4, -0.2) is 37.6 Å². The Hall–Kier alpha value is -2.85. The average Bonchev–Trinajstić information content (AvgIpc) is 2.63. The summed E-state index contributed by atoms with van der Waals surface area (Å²) in [5.74, 6) is -3.30. The van der Waals surface area contributed by atoms with Gasteiger partial charge in [0.2, 0.25) is 21.8 Å². The lowest BCUT2D eigenvalue weighted by Gasteiger charge is -2.20. The number of anilines is 2. The molecule has 0 aliphatic heterocycles. The van der Waals surface area contributed by atoms with E-state index in [-0.39, 0.29) is 12.5 Å². The summed E-state index contributed by atoms with van der Waals surface area (Å²) in [4.78, 5) is 22.8. The molecule has 0 aliphatic rings. The molecule has 0 spiro atoms. The van der Waals surface area contributed by atoms with Crippen LogP contribution in [0.2, 0.25) is 0 Å². The number of hydrogen-bond acceptors (Lipinski definition) is 4. The van der Waals surface area contributed by atoms with Gasteiger partial charge in [-0.1, -0.05) is 6.92 Å². The van der Waals surface area contributed by atoms with E-state index < -0.39 is 39.0 Å². The zero-order valence-corrected chi connectivity index (χ0v) is 16.0. The molecule has 7 nitrogen and oxygen atoms in total. The van der Waals surface area contributed by atoms with E-state index in [1.807, 2.05) is 0 Å². The van der Waals surface area contributed by atoms with Crippen molar-refractivity contribution < 1.29 is 26.8 Å². The van der Waals surface area contributed by atoms with E-state index in [2.05, 4.69) is 10.6 Å². The molecule has 0 saturated carbocycles. The summed E-state index contributed by atoms with van der Waals surface area (Å²) in [7, 11) is -4.18. The molecule has 2 aromatic rings. The number of halogens is 2. The number of rotatable bonds is 7. The van der Waals surface area contributed by atoms with Crippen LogP contribution in [0, 0.1) is 11.6 Å². The van der Waals surface area contributed by atoms with Crippen LogP contribution in [0.1, 0.15) is 13.8 Å². The van der Waals surface area contributed by atoms with Crippen molar-refractivity contribution in [2.45, 2.75) is 18.7 Å². The minimum absolute atomic E-state index is 0.0454. The number of carbonyl (C=O) groups excluding carboxylic acids is 2. The largest absolute Gasteiger partial charge is 0.326 e. The molecule has 2 rings (SSSR count). The van der Waals surface area contributed by atoms with Crippen molar-refractivity contribution in [3.63, 3.8) is 0 Å². The molecule has 10 heteroatoms. The highest BCUT2D eigenvalue weighted by Crippen LogP contribution is 2.19. The van der Waals surface area contributed by atoms with Crippen molar-refractivity contribution in [3.8, 4) is 0 Å². The van der Waals surface area contributed by atoms with Crippen molar-refractivity contribution in [2.24, 2.45) is 0 Å². The molecular formula is C18H19F2N3O4S. The standard InChI is InChI=1S/C18H19F2N3O4S/c1-3-23(28(26,27)15-8-9-16(19)17(20)10-15)11-18(25)22-14-6-4-13(5-7-14)21-12(2)24/h4-10H,3,11H2,1-2H3,(H,21,24)(H,22,25). The molecule has 0 radical (unpaired) electrons. The Morgan fingerprint density at radius 2 is 1.54 bits per heavy atom. The predicted molar refractivity (Wildman–Crippen MR) is 100 cm³/mol. The lowest BCUT2D eigenvalue weighted by Crippen LogP contribution is -2.37. The Bertz CT molecular complexity index is 979. The first-order chi connectivity index (χ1) is 13.1. The molecular weight excluding hydrogens is 392 g/mol. The lowest BCUT2D eigenvalue weighted by molar-refractivity contribution is -0.116. The number of sulfonamides is 1. The molecule has 28 heavy (non-hydrogen) atoms. The van der Waals surface area contributed by atoms with E-state index in [4.69, 9.17) is 0 Å². The van der Waals surface area contributed by atoms with Gasteiger partial charge in [-0.15, -0.1) is 0 Å². The summed E-state index contributed by atoms with van der Waals surface area (Å²) in [6.45, 7) is 2.33. The van der Waals surface area contributed by atoms with Gasteiger partial charge in [0.05, 0.1) is 11.4 Å². The Kier molecular flexibility index (Phi) is 6.81. The van der Waals surface area contributed by atoms with Crippen LogP contribution in [0.25, 0.3) is 0 Å². The maximum Gasteiger partial charge on any atom is 0.243 e. The Balaban J connectivity index is 2.09. The molecule has 2 N–H and O–H groups in total. The van der Waals surface area contributed by atoms with Gasteiger partial charge < -0.3 is 10.6 Å². The monoisotopic (exact) mass is 411 g/mol. The molecule has 0 fully saturated rings. The first-order valence-electron chi connectivity index (χ1n) is 8.26. The fourth-order valence-electron chi connectivity index (χ4n) is 2.35. The number of benzene rings is 2. The minimum Gasteiger partial charge on any atom is -0.326 e. The van der Waals surface area contributed by atoms with Gasteiger partial charge in [-0.2, -0.15) is 4.31 Å². The number of nitrogens with one attached hydrogen (secondary N) is 2. The third-order valence-electron chi connectivity index (χ3n) is 3.69. The smallest absolute Gasteiger partial charge is 0.243 e. The molecule has 2 amide bonds. The zero-order chi connectivity index (χ0) is 20.9. The Morgan fingerprint density at radius 3 is 2.04 bits per heavy atom. The number of carbonyl (C=O) groups is 2. The van der Waals surface area contributed by atoms with Gasteiger partial charge in [-0.25, -0.2) is 17.2 Å². The summed E-state index contributed by atoms with van der Waals surface area (Å²) in [5.41, 5.74) is 0.946. The summed E-state index contributed by atoms with van der Waals surface area (Å²) in [5, 5.41) is 5.12. The van der Waals surface area contributed by atoms with Crippen molar-refractivity contribution in [1.82, 2.24) is 4.31 Å². The molecule has 2 aromatic carbocycles. The number of nitrogens with zero attached hydrogens (tertiary/aromatic N) is 1. The first kappa shape index (κ1) is 21.5. The number of likely N-dealkylation sites (N-methyl/N-ethyl adjacent to an activating group) is 1. The molecule has 0 saturated heterocycles. The molecule has 0 unspecified atom stereocenters. The summed E-state index contributed by atoms with van der Waals surface area (Å²) in [6, 6.07) is 8.47. The first-order valence-corrected chi connectivity index (χ1v) is 9.70. The topological polar surface area (TPSA) is 95.6 Å². The van der Waals surface area contributed by atoms with E-state index in [0.717, 1.165) is 10.4 Å². The number of amides is 2. The van der Waals surface area contributed by atoms with Gasteiger partial charge in [-0.05, 0) is 42.5 Å². The quantitative estimate of drug-likeness (QED) is 0.732. The van der Waals surface area contributed by atoms with E-state index in [9.17, 15) is 26.8 Å². The number of hydrogen-bond donors (Lipinski definition) is 2. The molecule has 150 valence electrons. The molecule has 0 atom stereocenters. The maximum absolute atomic E-state index is 13.4. The second kappa shape index (κ2) is 8.89. The summed E-state index contributed by atoms with van der Waals surface area (Å²) >= 11 is 0. The fraction of sp³-hybridized carbons (Fsp3) is 0.222. The van der Waals surface area contributed by atoms with Crippen LogP contribution >= 0.6 is 0 Å². The highest BCUT2D eigenvalue weighted by atomic mass is 32.2. The fourth-order valence-corrected chi connectivity index (χ4v) is 3.77. The second-order valence-electron chi connectivity index (χ2n) is 5.81. The van der Waals surface area contributed by atoms with Gasteiger partial charge in [-0.3, -0.25) is 9.59 Å². The minimum atomic E-state index is -4.18. The van der Waals surface area contributed by atoms with Crippen LogP contribution < -0.4 is 10.6 Å². The van der Waals surface area contributed by atoms with Crippen LogP contribution in [0.15, 0.2) is 47.4 Å². The third kappa shape index (κ3) is 5.33. The van der Waals surface area contributed by atoms with Crippen LogP contribution in [0.5, 0.6) is 0 Å². The zero-order valence-electron chi connectivity index (χ0n) is 15.2. The third-order valence-corrected chi connectivity index (χ3v) is 5.61. The lowest BCUT2D eigenvalue weighted by atomic mass is 10.2. The van der Waals surface area contributed by atoms with Crippen molar-refractivity contribution >= 4 is 33.2 Å². The van der Waals surface area contributed by atoms with Crippen LogP contribution in [-0.2, 0) is 19.6 Å². The van der Waals surface area contributed by atoms with Crippen molar-refractivity contribution in [1.29, 1.82) is 0 Å². The van der Waals surface area contributed by atoms with Gasteiger partial charge in [0.1, 0.15) is 0 Å². The van der Waals surface area contributed by atoms with Gasteiger partial charge in [0.25, 0.3) is 0 Å². The van der Waals surface area contributed by atoms with Crippen molar-refractivity contribution in [3.05, 3.63) is 54.1 Å². The van der Waals surface area contributed by atoms with Crippen LogP contribution in [0.3, 0.4) is 0 Å². The van der Waals surface area contributed by atoms with E-state index in [1.165, 1.54) is 13.8 Å². The highest BCUT2D eigenvalue weighted by Gasteiger charge is 2.26. The molecule has 0 aliphatic carbocycles. The average molecular weight is 411 g/mol. The van der Waals surface area contributed by atoms with E-state index in [0.29, 0.717) is 23.5 Å². The highest BCUT2D eigenvalue weighted by molar-refractivity contribution is 7.89. The molecule has 0 bridgehead atoms. The Morgan fingerprint density at radius 1 is 0.964 bits per heavy atom. The predicted octanol–water partition coefficient (Wildman–Crippen LogP) is 2.57. The maximum atomic E-state index is 13.4. The Labute approximate surface area is 161 Å².